The first-order chi connectivity index (χ1) is 8.25. The van der Waals surface area contributed by atoms with Gasteiger partial charge in [-0.2, -0.15) is 0 Å². The van der Waals surface area contributed by atoms with E-state index in [2.05, 4.69) is 19.1 Å². The van der Waals surface area contributed by atoms with E-state index in [1.807, 2.05) is 17.8 Å². The molecule has 1 heterocycles. The van der Waals surface area contributed by atoms with E-state index in [1.165, 1.54) is 4.90 Å². The second-order valence-electron chi connectivity index (χ2n) is 4.27. The average Bonchev–Trinajstić information content (AvgIpc) is 2.34. The van der Waals surface area contributed by atoms with Crippen LogP contribution < -0.4 is 15.2 Å². The molecule has 3 nitrogen and oxygen atoms in total. The highest BCUT2D eigenvalue weighted by Crippen LogP contribution is 2.34. The van der Waals surface area contributed by atoms with Crippen LogP contribution in [0.2, 0.25) is 0 Å². The van der Waals surface area contributed by atoms with Crippen molar-refractivity contribution >= 4 is 11.8 Å². The van der Waals surface area contributed by atoms with Gasteiger partial charge in [-0.05, 0) is 43.7 Å². The molecular formula is C13H19NO2S. The lowest BCUT2D eigenvalue weighted by molar-refractivity contribution is 0.171. The maximum absolute atomic E-state index is 5.72. The van der Waals surface area contributed by atoms with Gasteiger partial charge in [0.15, 0.2) is 11.5 Å². The van der Waals surface area contributed by atoms with Crippen LogP contribution in [0.4, 0.5) is 0 Å². The van der Waals surface area contributed by atoms with Crippen molar-refractivity contribution in [2.75, 3.05) is 19.0 Å². The topological polar surface area (TPSA) is 44.5 Å². The molecule has 0 bridgehead atoms. The molecule has 1 aliphatic rings. The number of thioether (sulfide) groups is 1. The zero-order valence-electron chi connectivity index (χ0n) is 10.1. The average molecular weight is 253 g/mol. The summed E-state index contributed by atoms with van der Waals surface area (Å²) in [5.74, 6) is 2.82. The summed E-state index contributed by atoms with van der Waals surface area (Å²) in [6, 6.07) is 6.44. The molecule has 0 aliphatic carbocycles. The van der Waals surface area contributed by atoms with Crippen molar-refractivity contribution in [2.24, 2.45) is 5.73 Å². The number of hydrogen-bond donors (Lipinski definition) is 1. The standard InChI is InChI=1S/C13H19NO2S/c1-10(14)3-2-8-17-11-4-5-12-13(9-11)16-7-6-15-12/h4-5,9-10H,2-3,6-8,14H2,1H3. The Labute approximate surface area is 107 Å². The molecule has 94 valence electrons. The first-order valence-electron chi connectivity index (χ1n) is 6.04. The fraction of sp³-hybridized carbons (Fsp3) is 0.538. The molecule has 17 heavy (non-hydrogen) atoms. The molecule has 0 radical (unpaired) electrons. The minimum atomic E-state index is 0.302. The zero-order valence-corrected chi connectivity index (χ0v) is 11.0. The Kier molecular flexibility index (Phi) is 4.57. The summed E-state index contributed by atoms with van der Waals surface area (Å²) in [7, 11) is 0. The summed E-state index contributed by atoms with van der Waals surface area (Å²) in [4.78, 5) is 1.24. The summed E-state index contributed by atoms with van der Waals surface area (Å²) in [6.07, 6.45) is 2.23. The normalized spacial score (nSPS) is 15.6. The summed E-state index contributed by atoms with van der Waals surface area (Å²) in [5.41, 5.74) is 5.72. The highest BCUT2D eigenvalue weighted by molar-refractivity contribution is 7.99. The van der Waals surface area contributed by atoms with E-state index >= 15 is 0 Å². The molecule has 1 unspecified atom stereocenters. The quantitative estimate of drug-likeness (QED) is 0.647. The predicted molar refractivity (Wildman–Crippen MR) is 71.0 cm³/mol. The number of nitrogens with two attached hydrogens (primary N) is 1. The lowest BCUT2D eigenvalue weighted by Crippen LogP contribution is -2.15. The Morgan fingerprint density at radius 2 is 2.06 bits per heavy atom. The third-order valence-corrected chi connectivity index (χ3v) is 3.67. The maximum atomic E-state index is 5.72. The second-order valence-corrected chi connectivity index (χ2v) is 5.44. The molecule has 4 heteroatoms. The van der Waals surface area contributed by atoms with Crippen molar-refractivity contribution in [1.82, 2.24) is 0 Å². The molecule has 1 atom stereocenters. The largest absolute Gasteiger partial charge is 0.486 e. The van der Waals surface area contributed by atoms with Crippen LogP contribution in [0.5, 0.6) is 11.5 Å². The number of hydrogen-bond acceptors (Lipinski definition) is 4. The van der Waals surface area contributed by atoms with E-state index in [4.69, 9.17) is 15.2 Å². The van der Waals surface area contributed by atoms with Gasteiger partial charge in [0.05, 0.1) is 0 Å². The van der Waals surface area contributed by atoms with Crippen molar-refractivity contribution in [2.45, 2.75) is 30.7 Å². The number of ether oxygens (including phenoxy) is 2. The Morgan fingerprint density at radius 1 is 1.29 bits per heavy atom. The van der Waals surface area contributed by atoms with Crippen molar-refractivity contribution in [1.29, 1.82) is 0 Å². The monoisotopic (exact) mass is 253 g/mol. The van der Waals surface area contributed by atoms with E-state index in [9.17, 15) is 0 Å². The number of fused-ring (bicyclic) bond motifs is 1. The van der Waals surface area contributed by atoms with Crippen LogP contribution in [0.15, 0.2) is 23.1 Å². The van der Waals surface area contributed by atoms with Crippen molar-refractivity contribution in [3.63, 3.8) is 0 Å². The molecule has 1 aromatic rings. The van der Waals surface area contributed by atoms with Crippen LogP contribution in [-0.4, -0.2) is 25.0 Å². The maximum Gasteiger partial charge on any atom is 0.162 e. The fourth-order valence-corrected chi connectivity index (χ4v) is 2.61. The summed E-state index contributed by atoms with van der Waals surface area (Å²) < 4.78 is 11.0. The Balaban J connectivity index is 1.85. The first kappa shape index (κ1) is 12.6. The van der Waals surface area contributed by atoms with E-state index in [1.54, 1.807) is 0 Å². The van der Waals surface area contributed by atoms with Gasteiger partial charge in [0.1, 0.15) is 13.2 Å². The molecule has 0 fully saturated rings. The van der Waals surface area contributed by atoms with Gasteiger partial charge < -0.3 is 15.2 Å². The van der Waals surface area contributed by atoms with Crippen LogP contribution >= 0.6 is 11.8 Å². The molecule has 1 aliphatic heterocycles. The molecule has 2 N–H and O–H groups in total. The number of benzene rings is 1. The van der Waals surface area contributed by atoms with Crippen LogP contribution in [0, 0.1) is 0 Å². The van der Waals surface area contributed by atoms with Gasteiger partial charge in [0.2, 0.25) is 0 Å². The van der Waals surface area contributed by atoms with E-state index in [0.29, 0.717) is 19.3 Å². The van der Waals surface area contributed by atoms with Gasteiger partial charge in [-0.25, -0.2) is 0 Å². The van der Waals surface area contributed by atoms with E-state index in [0.717, 1.165) is 30.1 Å². The lowest BCUT2D eigenvalue weighted by atomic mass is 10.2. The fourth-order valence-electron chi connectivity index (χ4n) is 1.71. The third-order valence-electron chi connectivity index (χ3n) is 2.59. The Morgan fingerprint density at radius 3 is 2.82 bits per heavy atom. The van der Waals surface area contributed by atoms with Gasteiger partial charge >= 0.3 is 0 Å². The Bertz CT molecular complexity index is 368. The van der Waals surface area contributed by atoms with Crippen LogP contribution in [-0.2, 0) is 0 Å². The second kappa shape index (κ2) is 6.17. The van der Waals surface area contributed by atoms with Gasteiger partial charge in [0.25, 0.3) is 0 Å². The molecule has 0 amide bonds. The minimum Gasteiger partial charge on any atom is -0.486 e. The smallest absolute Gasteiger partial charge is 0.162 e. The summed E-state index contributed by atoms with van der Waals surface area (Å²) in [5, 5.41) is 0. The first-order valence-corrected chi connectivity index (χ1v) is 7.02. The molecular weight excluding hydrogens is 234 g/mol. The molecule has 0 saturated heterocycles. The van der Waals surface area contributed by atoms with Gasteiger partial charge in [-0.15, -0.1) is 11.8 Å². The Hall–Kier alpha value is -0.870. The van der Waals surface area contributed by atoms with Gasteiger partial charge in [0, 0.05) is 10.9 Å². The third kappa shape index (κ3) is 3.82. The molecule has 2 rings (SSSR count). The van der Waals surface area contributed by atoms with Gasteiger partial charge in [-0.3, -0.25) is 0 Å². The predicted octanol–water partition coefficient (Wildman–Crippen LogP) is 2.68. The highest BCUT2D eigenvalue weighted by Gasteiger charge is 2.11. The van der Waals surface area contributed by atoms with Crippen LogP contribution in [0.1, 0.15) is 19.8 Å². The van der Waals surface area contributed by atoms with E-state index < -0.39 is 0 Å². The van der Waals surface area contributed by atoms with Crippen LogP contribution in [0.3, 0.4) is 0 Å². The van der Waals surface area contributed by atoms with Crippen LogP contribution in [0.25, 0.3) is 0 Å². The van der Waals surface area contributed by atoms with Crippen molar-refractivity contribution in [3.8, 4) is 11.5 Å². The highest BCUT2D eigenvalue weighted by atomic mass is 32.2. The number of rotatable bonds is 5. The SMILES string of the molecule is CC(N)CCCSc1ccc2c(c1)OCCO2. The van der Waals surface area contributed by atoms with Gasteiger partial charge in [-0.1, -0.05) is 0 Å². The molecule has 0 saturated carbocycles. The molecule has 0 spiro atoms. The molecule has 0 aromatic heterocycles. The van der Waals surface area contributed by atoms with Crippen molar-refractivity contribution < 1.29 is 9.47 Å². The molecule has 1 aromatic carbocycles. The zero-order chi connectivity index (χ0) is 12.1. The van der Waals surface area contributed by atoms with E-state index in [-0.39, 0.29) is 0 Å². The summed E-state index contributed by atoms with van der Waals surface area (Å²) in [6.45, 7) is 3.34. The van der Waals surface area contributed by atoms with Crippen molar-refractivity contribution in [3.05, 3.63) is 18.2 Å². The minimum absolute atomic E-state index is 0.302. The lowest BCUT2D eigenvalue weighted by Gasteiger charge is -2.18. The summed E-state index contributed by atoms with van der Waals surface area (Å²) >= 11 is 1.84.